The van der Waals surface area contributed by atoms with Crippen molar-refractivity contribution >= 4 is 44.6 Å². The minimum absolute atomic E-state index is 0.0267. The average Bonchev–Trinajstić information content (AvgIpc) is 2.93. The minimum atomic E-state index is -4.62. The molecule has 2 N–H and O–H groups in total. The molecule has 2 aromatic carbocycles. The van der Waals surface area contributed by atoms with Gasteiger partial charge in [-0.3, -0.25) is 9.59 Å². The van der Waals surface area contributed by atoms with E-state index in [2.05, 4.69) is 10.6 Å². The van der Waals surface area contributed by atoms with Gasteiger partial charge in [-0.2, -0.15) is 13.2 Å². The second-order valence-corrected chi connectivity index (χ2v) is 7.11. The molecule has 0 bridgehead atoms. The number of anilines is 2. The van der Waals surface area contributed by atoms with E-state index in [4.69, 9.17) is 0 Å². The lowest BCUT2D eigenvalue weighted by Crippen LogP contribution is -2.16. The number of carbonyl (C=O) groups is 2. The number of benzene rings is 2. The Morgan fingerprint density at radius 1 is 1.04 bits per heavy atom. The Morgan fingerprint density at radius 2 is 1.75 bits per heavy atom. The maximum Gasteiger partial charge on any atom is 0.416 e. The van der Waals surface area contributed by atoms with Crippen LogP contribution in [0.25, 0.3) is 10.1 Å². The molecule has 4 nitrogen and oxygen atoms in total. The van der Waals surface area contributed by atoms with Gasteiger partial charge in [0.2, 0.25) is 5.91 Å². The van der Waals surface area contributed by atoms with Crippen LogP contribution in [0.4, 0.5) is 28.9 Å². The molecule has 0 unspecified atom stereocenters. The van der Waals surface area contributed by atoms with Crippen molar-refractivity contribution in [1.82, 2.24) is 0 Å². The van der Waals surface area contributed by atoms with Crippen LogP contribution in [-0.4, -0.2) is 11.8 Å². The van der Waals surface area contributed by atoms with E-state index >= 15 is 0 Å². The molecule has 28 heavy (non-hydrogen) atoms. The highest BCUT2D eigenvalue weighted by molar-refractivity contribution is 7.21. The van der Waals surface area contributed by atoms with E-state index in [0.29, 0.717) is 15.6 Å². The maximum atomic E-state index is 14.0. The van der Waals surface area contributed by atoms with Gasteiger partial charge >= 0.3 is 6.18 Å². The summed E-state index contributed by atoms with van der Waals surface area (Å²) in [6, 6.07) is 7.05. The molecule has 2 amide bonds. The number of nitrogens with one attached hydrogen (secondary N) is 2. The molecular weight excluding hydrogens is 396 g/mol. The third-order valence-electron chi connectivity index (χ3n) is 4.02. The highest BCUT2D eigenvalue weighted by Gasteiger charge is 2.31. The molecule has 1 aromatic heterocycles. The number of halogens is 4. The van der Waals surface area contributed by atoms with Gasteiger partial charge in [0, 0.05) is 17.0 Å². The molecule has 0 radical (unpaired) electrons. The normalized spacial score (nSPS) is 11.5. The van der Waals surface area contributed by atoms with E-state index < -0.39 is 29.4 Å². The van der Waals surface area contributed by atoms with E-state index in [1.807, 2.05) is 0 Å². The van der Waals surface area contributed by atoms with Crippen LogP contribution in [0.3, 0.4) is 0 Å². The van der Waals surface area contributed by atoms with Crippen LogP contribution in [0.2, 0.25) is 0 Å². The largest absolute Gasteiger partial charge is 0.416 e. The van der Waals surface area contributed by atoms with Crippen LogP contribution in [0.5, 0.6) is 0 Å². The van der Waals surface area contributed by atoms with Gasteiger partial charge in [0.05, 0.1) is 21.8 Å². The zero-order valence-corrected chi connectivity index (χ0v) is 15.5. The Balaban J connectivity index is 2.02. The van der Waals surface area contributed by atoms with Gasteiger partial charge in [-0.15, -0.1) is 11.3 Å². The van der Waals surface area contributed by atoms with E-state index in [9.17, 15) is 27.2 Å². The number of amides is 2. The smallest absolute Gasteiger partial charge is 0.325 e. The van der Waals surface area contributed by atoms with E-state index in [-0.39, 0.29) is 16.3 Å². The van der Waals surface area contributed by atoms with Crippen LogP contribution in [-0.2, 0) is 11.0 Å². The first-order valence-electron chi connectivity index (χ1n) is 8.05. The van der Waals surface area contributed by atoms with Crippen molar-refractivity contribution in [2.45, 2.75) is 20.0 Å². The number of thiophene rings is 1. The first kappa shape index (κ1) is 19.8. The van der Waals surface area contributed by atoms with Gasteiger partial charge < -0.3 is 10.6 Å². The Kier molecular flexibility index (Phi) is 5.12. The molecular formula is C19H14F4N2O2S. The highest BCUT2D eigenvalue weighted by atomic mass is 32.1. The number of hydrogen-bond acceptors (Lipinski definition) is 3. The van der Waals surface area contributed by atoms with Gasteiger partial charge in [-0.1, -0.05) is 6.07 Å². The summed E-state index contributed by atoms with van der Waals surface area (Å²) in [5.41, 5.74) is -0.759. The molecule has 0 aliphatic carbocycles. The van der Waals surface area contributed by atoms with E-state index in [1.54, 1.807) is 13.0 Å². The number of fused-ring (bicyclic) bond motifs is 1. The summed E-state index contributed by atoms with van der Waals surface area (Å²) in [6.45, 7) is 2.76. The number of carbonyl (C=O) groups excluding carboxylic acids is 2. The van der Waals surface area contributed by atoms with Crippen molar-refractivity contribution in [3.63, 3.8) is 0 Å². The van der Waals surface area contributed by atoms with Crippen molar-refractivity contribution in [3.8, 4) is 0 Å². The number of hydrogen-bond donors (Lipinski definition) is 2. The first-order chi connectivity index (χ1) is 13.1. The molecule has 0 saturated carbocycles. The number of aryl methyl sites for hydroxylation is 1. The fourth-order valence-corrected chi connectivity index (χ4v) is 3.89. The SMILES string of the molecule is CC(=O)Nc1ccc(C(F)(F)F)cc1NC(=O)c1sc2cccc(F)c2c1C. The van der Waals surface area contributed by atoms with Gasteiger partial charge in [0.25, 0.3) is 5.91 Å². The second-order valence-electron chi connectivity index (χ2n) is 6.06. The topological polar surface area (TPSA) is 58.2 Å². The first-order valence-corrected chi connectivity index (χ1v) is 8.87. The Morgan fingerprint density at radius 3 is 2.36 bits per heavy atom. The molecule has 0 atom stereocenters. The predicted molar refractivity (Wildman–Crippen MR) is 100 cm³/mol. The van der Waals surface area contributed by atoms with Crippen molar-refractivity contribution in [2.75, 3.05) is 10.6 Å². The maximum absolute atomic E-state index is 14.0. The third-order valence-corrected chi connectivity index (χ3v) is 5.27. The predicted octanol–water partition coefficient (Wildman–Crippen LogP) is 5.58. The van der Waals surface area contributed by atoms with Crippen molar-refractivity contribution < 1.29 is 27.2 Å². The zero-order valence-electron chi connectivity index (χ0n) is 14.7. The minimum Gasteiger partial charge on any atom is -0.325 e. The van der Waals surface area contributed by atoms with Crippen LogP contribution >= 0.6 is 11.3 Å². The molecule has 3 aromatic rings. The van der Waals surface area contributed by atoms with Gasteiger partial charge in [0.15, 0.2) is 0 Å². The standard InChI is InChI=1S/C19H14F4N2O2S/c1-9-16-12(20)4-3-5-15(16)28-17(9)18(27)25-14-8-11(19(21,22)23)6-7-13(14)24-10(2)26/h3-8H,1-2H3,(H,24,26)(H,25,27). The Hall–Kier alpha value is -2.94. The van der Waals surface area contributed by atoms with Gasteiger partial charge in [-0.25, -0.2) is 4.39 Å². The average molecular weight is 410 g/mol. The second kappa shape index (κ2) is 7.23. The molecule has 9 heteroatoms. The van der Waals surface area contributed by atoms with Crippen molar-refractivity contribution in [1.29, 1.82) is 0 Å². The summed E-state index contributed by atoms with van der Waals surface area (Å²) in [7, 11) is 0. The monoisotopic (exact) mass is 410 g/mol. The third kappa shape index (κ3) is 3.84. The number of rotatable bonds is 3. The summed E-state index contributed by atoms with van der Waals surface area (Å²) < 4.78 is 53.7. The molecule has 0 aliphatic rings. The number of alkyl halides is 3. The summed E-state index contributed by atoms with van der Waals surface area (Å²) >= 11 is 1.03. The lowest BCUT2D eigenvalue weighted by Gasteiger charge is -2.14. The molecule has 0 saturated heterocycles. The van der Waals surface area contributed by atoms with Gasteiger partial charge in [-0.05, 0) is 42.8 Å². The van der Waals surface area contributed by atoms with Crippen LogP contribution < -0.4 is 10.6 Å². The lowest BCUT2D eigenvalue weighted by atomic mass is 10.1. The zero-order chi connectivity index (χ0) is 20.6. The van der Waals surface area contributed by atoms with Crippen LogP contribution in [0.1, 0.15) is 27.7 Å². The van der Waals surface area contributed by atoms with Crippen LogP contribution in [0.15, 0.2) is 36.4 Å². The summed E-state index contributed by atoms with van der Waals surface area (Å²) in [5.74, 6) is -1.68. The molecule has 0 spiro atoms. The fraction of sp³-hybridized carbons (Fsp3) is 0.158. The summed E-state index contributed by atoms with van der Waals surface area (Å²) in [6.07, 6.45) is -4.62. The lowest BCUT2D eigenvalue weighted by molar-refractivity contribution is -0.137. The fourth-order valence-electron chi connectivity index (χ4n) is 2.77. The highest BCUT2D eigenvalue weighted by Crippen LogP contribution is 2.36. The molecule has 3 rings (SSSR count). The summed E-state index contributed by atoms with van der Waals surface area (Å²) in [5, 5.41) is 5.08. The van der Waals surface area contributed by atoms with Gasteiger partial charge in [0.1, 0.15) is 5.82 Å². The summed E-state index contributed by atoms with van der Waals surface area (Å²) in [4.78, 5) is 24.2. The molecule has 146 valence electrons. The van der Waals surface area contributed by atoms with E-state index in [1.165, 1.54) is 19.1 Å². The Bertz CT molecular complexity index is 1090. The molecule has 0 fully saturated rings. The van der Waals surface area contributed by atoms with Crippen LogP contribution in [0, 0.1) is 12.7 Å². The van der Waals surface area contributed by atoms with Crippen molar-refractivity contribution in [3.05, 3.63) is 58.2 Å². The molecule has 0 aliphatic heterocycles. The van der Waals surface area contributed by atoms with Crippen molar-refractivity contribution in [2.24, 2.45) is 0 Å². The molecule has 1 heterocycles. The van der Waals surface area contributed by atoms with E-state index in [0.717, 1.165) is 29.5 Å². The Labute approximate surface area is 161 Å². The quantitative estimate of drug-likeness (QED) is 0.554.